The Hall–Kier alpha value is -1.53. The normalized spacial score (nSPS) is 11.7. The Morgan fingerprint density at radius 1 is 1.64 bits per heavy atom. The van der Waals surface area contributed by atoms with Crippen molar-refractivity contribution in [3.63, 3.8) is 0 Å². The predicted molar refractivity (Wildman–Crippen MR) is 39.6 cm³/mol. The molecule has 0 aromatic carbocycles. The Morgan fingerprint density at radius 2 is 2.21 bits per heavy atom. The number of aliphatic carboxylic acids is 1. The van der Waals surface area contributed by atoms with E-state index in [0.29, 0.717) is 4.68 Å². The highest BCUT2D eigenvalue weighted by Gasteiger charge is 2.35. The molecule has 0 radical (unpaired) electrons. The van der Waals surface area contributed by atoms with Gasteiger partial charge < -0.3 is 5.11 Å². The Balaban J connectivity index is 3.09. The molecular weight excluding hydrogens is 201 g/mol. The van der Waals surface area contributed by atoms with Crippen LogP contribution in [0.5, 0.6) is 0 Å². The number of halogens is 3. The molecule has 0 spiro atoms. The van der Waals surface area contributed by atoms with Crippen molar-refractivity contribution in [2.45, 2.75) is 19.6 Å². The zero-order valence-electron chi connectivity index (χ0n) is 7.17. The van der Waals surface area contributed by atoms with Gasteiger partial charge in [0.2, 0.25) is 0 Å². The van der Waals surface area contributed by atoms with E-state index in [1.807, 2.05) is 0 Å². The SMILES string of the molecule is Cc1cc(C(F)(F)F)n(CC(=O)O)n1. The molecule has 1 aromatic rings. The summed E-state index contributed by atoms with van der Waals surface area (Å²) in [4.78, 5) is 10.2. The third-order valence-electron chi connectivity index (χ3n) is 1.48. The second kappa shape index (κ2) is 3.32. The van der Waals surface area contributed by atoms with Crippen molar-refractivity contribution in [2.75, 3.05) is 0 Å². The van der Waals surface area contributed by atoms with E-state index in [0.717, 1.165) is 6.07 Å². The topological polar surface area (TPSA) is 55.1 Å². The lowest BCUT2D eigenvalue weighted by atomic mass is 10.3. The molecule has 7 heteroatoms. The van der Waals surface area contributed by atoms with Gasteiger partial charge in [0.1, 0.15) is 12.2 Å². The van der Waals surface area contributed by atoms with E-state index in [1.54, 1.807) is 0 Å². The quantitative estimate of drug-likeness (QED) is 0.796. The van der Waals surface area contributed by atoms with Gasteiger partial charge in [-0.3, -0.25) is 4.79 Å². The maximum absolute atomic E-state index is 12.3. The van der Waals surface area contributed by atoms with Crippen LogP contribution in [0.1, 0.15) is 11.4 Å². The molecule has 14 heavy (non-hydrogen) atoms. The number of carbonyl (C=O) groups is 1. The second-order valence-corrected chi connectivity index (χ2v) is 2.72. The molecule has 0 saturated carbocycles. The fourth-order valence-corrected chi connectivity index (χ4v) is 1.02. The molecule has 0 aliphatic rings. The summed E-state index contributed by atoms with van der Waals surface area (Å²) in [5.74, 6) is -1.36. The molecule has 4 nitrogen and oxygen atoms in total. The first kappa shape index (κ1) is 10.6. The van der Waals surface area contributed by atoms with Gasteiger partial charge in [-0.15, -0.1) is 0 Å². The Kier molecular flexibility index (Phi) is 2.50. The molecule has 0 aliphatic heterocycles. The summed E-state index contributed by atoms with van der Waals surface area (Å²) >= 11 is 0. The molecular formula is C7H7F3N2O2. The molecule has 1 rings (SSSR count). The number of aryl methyl sites for hydroxylation is 1. The van der Waals surface area contributed by atoms with E-state index < -0.39 is 24.4 Å². The van der Waals surface area contributed by atoms with Crippen molar-refractivity contribution in [2.24, 2.45) is 0 Å². The van der Waals surface area contributed by atoms with Crippen LogP contribution < -0.4 is 0 Å². The average Bonchev–Trinajstić information content (AvgIpc) is 2.28. The number of hydrogen-bond donors (Lipinski definition) is 1. The number of alkyl halides is 3. The van der Waals surface area contributed by atoms with Crippen molar-refractivity contribution >= 4 is 5.97 Å². The zero-order chi connectivity index (χ0) is 10.9. The minimum atomic E-state index is -4.57. The van der Waals surface area contributed by atoms with Crippen LogP contribution in [0.4, 0.5) is 13.2 Å². The van der Waals surface area contributed by atoms with Crippen molar-refractivity contribution in [1.29, 1.82) is 0 Å². The summed E-state index contributed by atoms with van der Waals surface area (Å²) in [6.45, 7) is 0.580. The van der Waals surface area contributed by atoms with E-state index >= 15 is 0 Å². The van der Waals surface area contributed by atoms with Crippen molar-refractivity contribution < 1.29 is 23.1 Å². The summed E-state index contributed by atoms with van der Waals surface area (Å²) in [7, 11) is 0. The van der Waals surface area contributed by atoms with Crippen molar-refractivity contribution in [1.82, 2.24) is 9.78 Å². The Bertz CT molecular complexity index is 356. The van der Waals surface area contributed by atoms with Gasteiger partial charge in [0.15, 0.2) is 0 Å². The highest BCUT2D eigenvalue weighted by molar-refractivity contribution is 5.66. The van der Waals surface area contributed by atoms with E-state index in [1.165, 1.54) is 6.92 Å². The van der Waals surface area contributed by atoms with Crippen LogP contribution in [0.2, 0.25) is 0 Å². The standard InChI is InChI=1S/C7H7F3N2O2/c1-4-2-5(7(8,9)10)12(11-4)3-6(13)14/h2H,3H2,1H3,(H,13,14). The molecule has 0 amide bonds. The van der Waals surface area contributed by atoms with Gasteiger partial charge in [0, 0.05) is 0 Å². The first-order chi connectivity index (χ1) is 6.30. The summed E-state index contributed by atoms with van der Waals surface area (Å²) in [5.41, 5.74) is -0.907. The van der Waals surface area contributed by atoms with Crippen LogP contribution in [0.3, 0.4) is 0 Å². The largest absolute Gasteiger partial charge is 0.480 e. The summed E-state index contributed by atoms with van der Waals surface area (Å²) in [6.07, 6.45) is -4.57. The molecule has 0 bridgehead atoms. The van der Waals surface area contributed by atoms with Gasteiger partial charge in [0.25, 0.3) is 0 Å². The summed E-state index contributed by atoms with van der Waals surface area (Å²) < 4.78 is 37.2. The highest BCUT2D eigenvalue weighted by atomic mass is 19.4. The Labute approximate surface area is 77.0 Å². The van der Waals surface area contributed by atoms with Crippen LogP contribution in [-0.2, 0) is 17.5 Å². The average molecular weight is 208 g/mol. The second-order valence-electron chi connectivity index (χ2n) is 2.72. The molecule has 0 unspecified atom stereocenters. The minimum Gasteiger partial charge on any atom is -0.480 e. The third-order valence-corrected chi connectivity index (χ3v) is 1.48. The molecule has 1 aromatic heterocycles. The molecule has 0 aliphatic carbocycles. The fourth-order valence-electron chi connectivity index (χ4n) is 1.02. The number of nitrogens with zero attached hydrogens (tertiary/aromatic N) is 2. The summed E-state index contributed by atoms with van der Waals surface area (Å²) in [6, 6.07) is 0.808. The highest BCUT2D eigenvalue weighted by Crippen LogP contribution is 2.29. The maximum Gasteiger partial charge on any atom is 0.433 e. The van der Waals surface area contributed by atoms with Crippen LogP contribution in [-0.4, -0.2) is 20.9 Å². The van der Waals surface area contributed by atoms with E-state index in [9.17, 15) is 18.0 Å². The Morgan fingerprint density at radius 3 is 2.64 bits per heavy atom. The lowest BCUT2D eigenvalue weighted by Gasteiger charge is -2.07. The van der Waals surface area contributed by atoms with Gasteiger partial charge in [-0.05, 0) is 13.0 Å². The number of hydrogen-bond acceptors (Lipinski definition) is 2. The molecule has 0 atom stereocenters. The molecule has 1 heterocycles. The number of aromatic nitrogens is 2. The molecule has 0 fully saturated rings. The fraction of sp³-hybridized carbons (Fsp3) is 0.429. The predicted octanol–water partition coefficient (Wildman–Crippen LogP) is 1.29. The maximum atomic E-state index is 12.3. The first-order valence-electron chi connectivity index (χ1n) is 3.64. The van der Waals surface area contributed by atoms with Crippen LogP contribution >= 0.6 is 0 Å². The van der Waals surface area contributed by atoms with Crippen molar-refractivity contribution in [3.8, 4) is 0 Å². The van der Waals surface area contributed by atoms with Crippen LogP contribution in [0.25, 0.3) is 0 Å². The van der Waals surface area contributed by atoms with Gasteiger partial charge in [0.05, 0.1) is 5.69 Å². The monoisotopic (exact) mass is 208 g/mol. The molecule has 0 saturated heterocycles. The number of carboxylic acids is 1. The van der Waals surface area contributed by atoms with Crippen LogP contribution in [0, 0.1) is 6.92 Å². The summed E-state index contributed by atoms with van der Waals surface area (Å²) in [5, 5.41) is 11.8. The van der Waals surface area contributed by atoms with Crippen LogP contribution in [0.15, 0.2) is 6.07 Å². The first-order valence-corrected chi connectivity index (χ1v) is 3.64. The van der Waals surface area contributed by atoms with Gasteiger partial charge >= 0.3 is 12.1 Å². The van der Waals surface area contributed by atoms with E-state index in [2.05, 4.69) is 5.10 Å². The molecule has 1 N–H and O–H groups in total. The van der Waals surface area contributed by atoms with Gasteiger partial charge in [-0.2, -0.15) is 18.3 Å². The lowest BCUT2D eigenvalue weighted by Crippen LogP contribution is -2.18. The van der Waals surface area contributed by atoms with Crippen molar-refractivity contribution in [3.05, 3.63) is 17.5 Å². The third kappa shape index (κ3) is 2.24. The van der Waals surface area contributed by atoms with E-state index in [4.69, 9.17) is 5.11 Å². The molecule has 78 valence electrons. The number of carboxylic acid groups (broad SMARTS) is 1. The smallest absolute Gasteiger partial charge is 0.433 e. The number of rotatable bonds is 2. The van der Waals surface area contributed by atoms with E-state index in [-0.39, 0.29) is 5.69 Å². The minimum absolute atomic E-state index is 0.138. The zero-order valence-corrected chi connectivity index (χ0v) is 7.17. The van der Waals surface area contributed by atoms with Gasteiger partial charge in [-0.25, -0.2) is 4.68 Å². The van der Waals surface area contributed by atoms with Gasteiger partial charge in [-0.1, -0.05) is 0 Å². The lowest BCUT2D eigenvalue weighted by molar-refractivity contribution is -0.147.